The van der Waals surface area contributed by atoms with Crippen LogP contribution in [0.4, 0.5) is 18.9 Å². The van der Waals surface area contributed by atoms with Gasteiger partial charge in [0.1, 0.15) is 0 Å². The van der Waals surface area contributed by atoms with Crippen molar-refractivity contribution in [1.29, 1.82) is 0 Å². The molecule has 0 aliphatic carbocycles. The number of benzene rings is 1. The Labute approximate surface area is 114 Å². The smallest absolute Gasteiger partial charge is 0.369 e. The van der Waals surface area contributed by atoms with Gasteiger partial charge < -0.3 is 10.6 Å². The fraction of sp³-hybridized carbons (Fsp3) is 0.455. The summed E-state index contributed by atoms with van der Waals surface area (Å²) >= 11 is 5.88. The van der Waals surface area contributed by atoms with Crippen molar-refractivity contribution in [2.45, 2.75) is 18.6 Å². The van der Waals surface area contributed by atoms with Crippen LogP contribution in [0.3, 0.4) is 0 Å². The number of hydrogen-bond acceptors (Lipinski definition) is 2. The number of nitrogens with two attached hydrogens (primary N) is 1. The van der Waals surface area contributed by atoms with Gasteiger partial charge in [0.15, 0.2) is 0 Å². The van der Waals surface area contributed by atoms with E-state index in [1.54, 1.807) is 0 Å². The zero-order valence-corrected chi connectivity index (χ0v) is 10.9. The van der Waals surface area contributed by atoms with Crippen LogP contribution in [0.25, 0.3) is 0 Å². The third kappa shape index (κ3) is 3.22. The summed E-state index contributed by atoms with van der Waals surface area (Å²) < 4.78 is 37.3. The fourth-order valence-corrected chi connectivity index (χ4v) is 2.25. The van der Waals surface area contributed by atoms with Crippen molar-refractivity contribution >= 4 is 29.7 Å². The van der Waals surface area contributed by atoms with E-state index >= 15 is 0 Å². The van der Waals surface area contributed by atoms with Gasteiger partial charge in [0.2, 0.25) is 0 Å². The largest absolute Gasteiger partial charge is 0.416 e. The molecule has 1 saturated heterocycles. The lowest BCUT2D eigenvalue weighted by molar-refractivity contribution is -0.137. The minimum Gasteiger partial charge on any atom is -0.369 e. The summed E-state index contributed by atoms with van der Waals surface area (Å²) in [6.07, 6.45) is -3.53. The maximum Gasteiger partial charge on any atom is 0.416 e. The number of nitrogens with zero attached hydrogens (tertiary/aromatic N) is 1. The van der Waals surface area contributed by atoms with E-state index in [9.17, 15) is 13.2 Å². The van der Waals surface area contributed by atoms with Gasteiger partial charge in [-0.15, -0.1) is 12.4 Å². The minimum absolute atomic E-state index is 0. The monoisotopic (exact) mass is 300 g/mol. The Hall–Kier alpha value is -0.650. The lowest BCUT2D eigenvalue weighted by atomic mass is 10.2. The average molecular weight is 301 g/mol. The van der Waals surface area contributed by atoms with E-state index in [4.69, 9.17) is 17.3 Å². The molecule has 1 heterocycles. The molecule has 2 N–H and O–H groups in total. The highest BCUT2D eigenvalue weighted by Crippen LogP contribution is 2.35. The van der Waals surface area contributed by atoms with Crippen molar-refractivity contribution in [3.05, 3.63) is 28.8 Å². The first-order valence-corrected chi connectivity index (χ1v) is 5.63. The van der Waals surface area contributed by atoms with Crippen LogP contribution in [0, 0.1) is 0 Å². The molecule has 0 radical (unpaired) electrons. The van der Waals surface area contributed by atoms with Crippen LogP contribution in [0.5, 0.6) is 0 Å². The van der Waals surface area contributed by atoms with Crippen molar-refractivity contribution in [3.8, 4) is 0 Å². The third-order valence-corrected chi connectivity index (χ3v) is 3.14. The molecular weight excluding hydrogens is 288 g/mol. The van der Waals surface area contributed by atoms with Crippen molar-refractivity contribution in [2.75, 3.05) is 18.0 Å². The normalized spacial score (nSPS) is 19.8. The molecule has 1 unspecified atom stereocenters. The van der Waals surface area contributed by atoms with Crippen LogP contribution in [0.1, 0.15) is 12.0 Å². The lowest BCUT2D eigenvalue weighted by Crippen LogP contribution is -2.26. The van der Waals surface area contributed by atoms with Gasteiger partial charge in [0, 0.05) is 19.1 Å². The van der Waals surface area contributed by atoms with Gasteiger partial charge in [-0.1, -0.05) is 11.6 Å². The Morgan fingerprint density at radius 1 is 1.33 bits per heavy atom. The summed E-state index contributed by atoms with van der Waals surface area (Å²) in [4.78, 5) is 1.91. The molecule has 1 aliphatic heterocycles. The van der Waals surface area contributed by atoms with E-state index in [0.29, 0.717) is 12.2 Å². The molecule has 18 heavy (non-hydrogen) atoms. The predicted molar refractivity (Wildman–Crippen MR) is 68.5 cm³/mol. The first-order chi connectivity index (χ1) is 7.88. The van der Waals surface area contributed by atoms with Gasteiger partial charge in [-0.25, -0.2) is 0 Å². The van der Waals surface area contributed by atoms with Crippen LogP contribution in [-0.4, -0.2) is 19.1 Å². The summed E-state index contributed by atoms with van der Waals surface area (Å²) in [5.41, 5.74) is 5.64. The number of hydrogen-bond donors (Lipinski definition) is 1. The number of rotatable bonds is 1. The Morgan fingerprint density at radius 3 is 2.44 bits per heavy atom. The molecule has 0 spiro atoms. The zero-order valence-electron chi connectivity index (χ0n) is 9.38. The highest BCUT2D eigenvalue weighted by atomic mass is 35.5. The molecule has 2 rings (SSSR count). The second-order valence-electron chi connectivity index (χ2n) is 4.16. The van der Waals surface area contributed by atoms with Gasteiger partial charge in [-0.2, -0.15) is 13.2 Å². The molecule has 0 saturated carbocycles. The number of halogens is 5. The summed E-state index contributed by atoms with van der Waals surface area (Å²) in [6.45, 7) is 1.36. The van der Waals surface area contributed by atoms with E-state index < -0.39 is 11.7 Å². The van der Waals surface area contributed by atoms with E-state index in [1.807, 2.05) is 4.90 Å². The van der Waals surface area contributed by atoms with Crippen LogP contribution in [0.15, 0.2) is 18.2 Å². The Bertz CT molecular complexity index is 423. The summed E-state index contributed by atoms with van der Waals surface area (Å²) in [6, 6.07) is 3.47. The highest BCUT2D eigenvalue weighted by molar-refractivity contribution is 6.33. The molecule has 1 aromatic rings. The molecule has 0 amide bonds. The van der Waals surface area contributed by atoms with E-state index in [0.717, 1.165) is 25.1 Å². The predicted octanol–water partition coefficient (Wildman–Crippen LogP) is 3.32. The lowest BCUT2D eigenvalue weighted by Gasteiger charge is -2.20. The van der Waals surface area contributed by atoms with Crippen LogP contribution < -0.4 is 10.6 Å². The van der Waals surface area contributed by atoms with Gasteiger partial charge in [0.25, 0.3) is 0 Å². The molecule has 0 aromatic heterocycles. The molecule has 7 heteroatoms. The second kappa shape index (κ2) is 5.55. The molecule has 0 bridgehead atoms. The Balaban J connectivity index is 0.00000162. The summed E-state index contributed by atoms with van der Waals surface area (Å²) in [7, 11) is 0. The molecular formula is C11H13Cl2F3N2. The van der Waals surface area contributed by atoms with Gasteiger partial charge >= 0.3 is 6.18 Å². The molecule has 2 nitrogen and oxygen atoms in total. The average Bonchev–Trinajstić information content (AvgIpc) is 2.63. The summed E-state index contributed by atoms with van der Waals surface area (Å²) in [5, 5.41) is 0.119. The van der Waals surface area contributed by atoms with Gasteiger partial charge in [-0.05, 0) is 24.6 Å². The molecule has 1 aromatic carbocycles. The standard InChI is InChI=1S/C11H12ClF3N2.ClH/c12-9-5-7(11(13,14)15)1-2-10(9)17-4-3-8(16)6-17;/h1-2,5,8H,3-4,6,16H2;1H. The molecule has 1 fully saturated rings. The van der Waals surface area contributed by atoms with Crippen LogP contribution in [-0.2, 0) is 6.18 Å². The Kier molecular flexibility index (Phi) is 4.75. The first-order valence-electron chi connectivity index (χ1n) is 5.25. The maximum absolute atomic E-state index is 12.4. The molecule has 1 aliphatic rings. The topological polar surface area (TPSA) is 29.3 Å². The molecule has 1 atom stereocenters. The van der Waals surface area contributed by atoms with Gasteiger partial charge in [-0.3, -0.25) is 0 Å². The van der Waals surface area contributed by atoms with Gasteiger partial charge in [0.05, 0.1) is 16.3 Å². The van der Waals surface area contributed by atoms with Crippen LogP contribution in [0.2, 0.25) is 5.02 Å². The molecule has 102 valence electrons. The minimum atomic E-state index is -4.36. The second-order valence-corrected chi connectivity index (χ2v) is 4.57. The fourth-order valence-electron chi connectivity index (χ4n) is 1.95. The first kappa shape index (κ1) is 15.4. The van der Waals surface area contributed by atoms with Crippen LogP contribution >= 0.6 is 24.0 Å². The van der Waals surface area contributed by atoms with E-state index in [-0.39, 0.29) is 23.5 Å². The SMILES string of the molecule is Cl.NC1CCN(c2ccc(C(F)(F)F)cc2Cl)C1. The van der Waals surface area contributed by atoms with E-state index in [2.05, 4.69) is 0 Å². The van der Waals surface area contributed by atoms with Crippen molar-refractivity contribution < 1.29 is 13.2 Å². The zero-order chi connectivity index (χ0) is 12.6. The quantitative estimate of drug-likeness (QED) is 0.862. The number of alkyl halides is 3. The third-order valence-electron chi connectivity index (χ3n) is 2.84. The number of anilines is 1. The van der Waals surface area contributed by atoms with Crippen molar-refractivity contribution in [1.82, 2.24) is 0 Å². The maximum atomic E-state index is 12.4. The summed E-state index contributed by atoms with van der Waals surface area (Å²) in [5.74, 6) is 0. The highest BCUT2D eigenvalue weighted by Gasteiger charge is 2.31. The van der Waals surface area contributed by atoms with Crippen molar-refractivity contribution in [3.63, 3.8) is 0 Å². The Morgan fingerprint density at radius 2 is 2.00 bits per heavy atom. The van der Waals surface area contributed by atoms with Crippen molar-refractivity contribution in [2.24, 2.45) is 5.73 Å². The van der Waals surface area contributed by atoms with E-state index in [1.165, 1.54) is 6.07 Å².